The van der Waals surface area contributed by atoms with Crippen LogP contribution in [0, 0.1) is 5.92 Å². The van der Waals surface area contributed by atoms with E-state index in [1.54, 1.807) is 6.07 Å². The van der Waals surface area contributed by atoms with Gasteiger partial charge in [-0.1, -0.05) is 31.5 Å². The number of nitrogen functional groups attached to an aromatic ring is 2. The van der Waals surface area contributed by atoms with Gasteiger partial charge >= 0.3 is 0 Å². The van der Waals surface area contributed by atoms with Crippen LogP contribution in [0.4, 0.5) is 11.4 Å². The average Bonchev–Trinajstić information content (AvgIpc) is 2.98. The molecule has 1 aromatic carbocycles. The predicted octanol–water partition coefficient (Wildman–Crippen LogP) is -11.9. The number of hydrogen-bond donors (Lipinski definition) is 2. The molecule has 0 saturated heterocycles. The van der Waals surface area contributed by atoms with Crippen molar-refractivity contribution >= 4 is 288 Å². The molecular formula is C13H19B39N2. The van der Waals surface area contributed by atoms with Crippen molar-refractivity contribution in [1.29, 1.82) is 0 Å². The van der Waals surface area contributed by atoms with Gasteiger partial charge in [0.25, 0.3) is 0 Å². The summed E-state index contributed by atoms with van der Waals surface area (Å²) in [6.07, 6.45) is -15.5. The topological polar surface area (TPSA) is 52.0 Å². The Bertz CT molecular complexity index is 1120. The monoisotopic (exact) mass is 633 g/mol. The van der Waals surface area contributed by atoms with Gasteiger partial charge < -0.3 is 11.5 Å². The van der Waals surface area contributed by atoms with E-state index in [-0.39, 0.29) is 11.7 Å². The van der Waals surface area contributed by atoms with Crippen molar-refractivity contribution in [2.75, 3.05) is 11.5 Å². The molecule has 1 aliphatic rings. The molecule has 1 fully saturated rings. The molecule has 0 amide bonds. The molecule has 54 heavy (non-hydrogen) atoms. The molecule has 0 heterocycles. The molecule has 4 N–H and O–H groups in total. The maximum absolute atomic E-state index is 6.62. The molecule has 1 aliphatic carbocycles. The highest BCUT2D eigenvalue weighted by atomic mass is 14.6. The highest BCUT2D eigenvalue weighted by Crippen LogP contribution is 2.40. The van der Waals surface area contributed by atoms with Gasteiger partial charge in [0, 0.05) is 288 Å². The van der Waals surface area contributed by atoms with Gasteiger partial charge in [-0.15, -0.1) is 0 Å². The highest BCUT2D eigenvalue weighted by molar-refractivity contribution is 8.28. The van der Waals surface area contributed by atoms with Crippen LogP contribution in [0.25, 0.3) is 0 Å². The molecule has 1 saturated carbocycles. The van der Waals surface area contributed by atoms with Gasteiger partial charge in [0.15, 0.2) is 0 Å². The Labute approximate surface area is 364 Å². The van der Waals surface area contributed by atoms with Gasteiger partial charge in [-0.25, -0.2) is 0 Å². The lowest BCUT2D eigenvalue weighted by atomic mass is 8.30. The molecule has 0 aliphatic heterocycles. The van der Waals surface area contributed by atoms with E-state index in [1.165, 1.54) is 0 Å². The van der Waals surface area contributed by atoms with Crippen molar-refractivity contribution in [3.05, 3.63) is 23.8 Å². The van der Waals surface area contributed by atoms with E-state index in [1.807, 2.05) is 12.1 Å². The zero-order valence-electron chi connectivity index (χ0n) is 31.6. The minimum absolute atomic E-state index is 0.239. The fourth-order valence-corrected chi connectivity index (χ4v) is 10.0. The van der Waals surface area contributed by atoms with E-state index in [0.29, 0.717) is 24.2 Å². The van der Waals surface area contributed by atoms with Crippen LogP contribution in [0.3, 0.4) is 0 Å². The number of nitrogens with two attached hydrogens (primary N) is 2. The van der Waals surface area contributed by atoms with Crippen molar-refractivity contribution in [2.45, 2.75) is 37.9 Å². The summed E-state index contributed by atoms with van der Waals surface area (Å²) in [7, 11) is 131. The highest BCUT2D eigenvalue weighted by Gasteiger charge is 2.58. The van der Waals surface area contributed by atoms with E-state index >= 15 is 0 Å². The SMILES string of the molecule is [B]B([B])B(B([B])[B])B(B(B([B])[B])B([B])[B])B(B(B([B])[B])B([B])[B])B(B(B(B([B])[B])B([B])[B])B(B([B])[B])B([B])[B])C1CCC(Cc2cc(N)cc(N)c2)CC1. The molecule has 0 atom stereocenters. The van der Waals surface area contributed by atoms with Crippen molar-refractivity contribution in [3.63, 3.8) is 0 Å². The van der Waals surface area contributed by atoms with Gasteiger partial charge in [-0.05, 0) is 36.1 Å². The summed E-state index contributed by atoms with van der Waals surface area (Å²) in [5, 5.41) is 0. The Kier molecular flexibility index (Phi) is 22.3. The summed E-state index contributed by atoms with van der Waals surface area (Å²) in [5.74, 6) is 0.0103. The minimum atomic E-state index is -1.17. The fourth-order valence-electron chi connectivity index (χ4n) is 10.0. The summed E-state index contributed by atoms with van der Waals surface area (Å²) < 4.78 is 0. The molecule has 0 bridgehead atoms. The first-order valence-electron chi connectivity index (χ1n) is 18.7. The van der Waals surface area contributed by atoms with Crippen molar-refractivity contribution < 1.29 is 0 Å². The quantitative estimate of drug-likeness (QED) is 0.106. The van der Waals surface area contributed by atoms with Gasteiger partial charge in [0.1, 0.15) is 0 Å². The molecule has 1 aromatic rings. The summed E-state index contributed by atoms with van der Waals surface area (Å²) in [4.78, 5) is 0. The molecule has 40 radical (unpaired) electrons. The Morgan fingerprint density at radius 1 is 0.370 bits per heavy atom. The van der Waals surface area contributed by atoms with Crippen LogP contribution in [0.15, 0.2) is 18.2 Å². The number of anilines is 2. The fraction of sp³-hybridized carbons (Fsp3) is 0.538. The summed E-state index contributed by atoms with van der Waals surface area (Å²) in [5.41, 5.74) is 14.4. The van der Waals surface area contributed by atoms with Crippen LogP contribution in [0.5, 0.6) is 0 Å². The third-order valence-corrected chi connectivity index (χ3v) is 12.0. The second-order valence-corrected chi connectivity index (χ2v) is 16.0. The Balaban J connectivity index is 3.12. The molecule has 0 spiro atoms. The van der Waals surface area contributed by atoms with Gasteiger partial charge in [0.2, 0.25) is 0 Å². The first-order valence-corrected chi connectivity index (χ1v) is 18.7. The second kappa shape index (κ2) is 23.4. The van der Waals surface area contributed by atoms with Gasteiger partial charge in [0.05, 0.1) is 0 Å². The second-order valence-electron chi connectivity index (χ2n) is 16.0. The van der Waals surface area contributed by atoms with Gasteiger partial charge in [-0.3, -0.25) is 0 Å². The normalized spacial score (nSPS) is 14.6. The van der Waals surface area contributed by atoms with Crippen LogP contribution < -0.4 is 11.5 Å². The predicted molar refractivity (Wildman–Crippen MR) is 289 cm³/mol. The van der Waals surface area contributed by atoms with Crippen LogP contribution in [0.1, 0.15) is 31.2 Å². The van der Waals surface area contributed by atoms with E-state index in [2.05, 4.69) is 0 Å². The van der Waals surface area contributed by atoms with Crippen LogP contribution in [0.2, 0.25) is 5.82 Å². The lowest BCUT2D eigenvalue weighted by Gasteiger charge is -2.55. The van der Waals surface area contributed by atoms with Crippen molar-refractivity contribution in [1.82, 2.24) is 0 Å². The minimum Gasteiger partial charge on any atom is -0.399 e. The Morgan fingerprint density at radius 3 is 0.907 bits per heavy atom. The molecular weight excluding hydrogens is 606 g/mol. The first kappa shape index (κ1) is 51.5. The van der Waals surface area contributed by atoms with Crippen molar-refractivity contribution in [2.24, 2.45) is 5.92 Å². The Morgan fingerprint density at radius 2 is 0.630 bits per heavy atom. The molecule has 0 aromatic heterocycles. The van der Waals surface area contributed by atoms with Crippen LogP contribution >= 0.6 is 0 Å². The summed E-state index contributed by atoms with van der Waals surface area (Å²) in [6, 6.07) is 5.55. The molecule has 41 heteroatoms. The van der Waals surface area contributed by atoms with E-state index < -0.39 is 121 Å². The number of benzene rings is 1. The zero-order chi connectivity index (χ0) is 41.5. The molecule has 198 valence electrons. The van der Waals surface area contributed by atoms with Gasteiger partial charge in [-0.2, -0.15) is 0 Å². The third-order valence-electron chi connectivity index (χ3n) is 12.0. The van der Waals surface area contributed by atoms with Crippen LogP contribution in [-0.4, -0.2) is 276 Å². The lowest BCUT2D eigenvalue weighted by Crippen LogP contribution is -2.90. The van der Waals surface area contributed by atoms with E-state index in [9.17, 15) is 0 Å². The standard InChI is InChI=1S/C13H19B39N2/c14-35(15)47(36(16)17)45(48(37(18)19)38(20)21)34(11-3-1-9(2-4-11)5-10-6-12(53)8-13(54)7-10)46(49(39(22)23)40(24)25)52(50(41(26)27)42(28)29)51(43(30)31)44(32)33/h6-9,11H,1-5,53-54H2. The third kappa shape index (κ3) is 13.7. The van der Waals surface area contributed by atoms with E-state index in [4.69, 9.17) is 166 Å². The maximum atomic E-state index is 6.62. The smallest absolute Gasteiger partial charge is 0.0491 e. The Hall–Kier alpha value is 1.35. The first-order chi connectivity index (χ1) is 24.9. The maximum Gasteiger partial charge on any atom is 0.0491 e. The number of hydrogen-bond acceptors (Lipinski definition) is 2. The summed E-state index contributed by atoms with van der Waals surface area (Å²) in [6.45, 7) is -0.698. The van der Waals surface area contributed by atoms with E-state index in [0.717, 1.165) is 24.8 Å². The molecule has 2 rings (SSSR count). The average molecular weight is 625 g/mol. The summed E-state index contributed by atoms with van der Waals surface area (Å²) >= 11 is 0. The molecule has 2 nitrogen and oxygen atoms in total. The van der Waals surface area contributed by atoms with Crippen LogP contribution in [-0.2, 0) is 6.42 Å². The lowest BCUT2D eigenvalue weighted by molar-refractivity contribution is 0.356. The van der Waals surface area contributed by atoms with Crippen molar-refractivity contribution in [3.8, 4) is 0 Å². The number of rotatable bonds is 21. The largest absolute Gasteiger partial charge is 0.399 e. The zero-order valence-corrected chi connectivity index (χ0v) is 31.6. The molecule has 0 unspecified atom stereocenters.